The molecule has 0 saturated heterocycles. The van der Waals surface area contributed by atoms with Crippen molar-refractivity contribution in [2.75, 3.05) is 32.6 Å². The second kappa shape index (κ2) is 18.1. The fourth-order valence-electron chi connectivity index (χ4n) is 5.58. The van der Waals surface area contributed by atoms with Crippen molar-refractivity contribution in [2.45, 2.75) is 96.0 Å². The third-order valence-corrected chi connectivity index (χ3v) is 12.1. The fraction of sp³-hybridized carbons (Fsp3) is 0.541. The first-order valence-corrected chi connectivity index (χ1v) is 20.0. The van der Waals surface area contributed by atoms with Crippen LogP contribution in [0.3, 0.4) is 0 Å². The van der Waals surface area contributed by atoms with Gasteiger partial charge >= 0.3 is 6.03 Å². The van der Waals surface area contributed by atoms with Crippen LogP contribution < -0.4 is 30.1 Å². The van der Waals surface area contributed by atoms with Crippen LogP contribution in [0.4, 0.5) is 9.93 Å². The molecule has 0 spiro atoms. The molecule has 0 radical (unpaired) electrons. The summed E-state index contributed by atoms with van der Waals surface area (Å²) in [6.45, 7) is 6.62. The molecule has 1 aromatic carbocycles. The first kappa shape index (κ1) is 41.3. The minimum atomic E-state index is -3.35. The van der Waals surface area contributed by atoms with Crippen LogP contribution in [0.5, 0.6) is 11.5 Å². The number of ether oxygens (including phenoxy) is 2. The topological polar surface area (TPSA) is 181 Å². The number of carbonyl (C=O) groups is 3. The number of sulfonamides is 1. The molecule has 4 amide bonds. The van der Waals surface area contributed by atoms with E-state index in [-0.39, 0.29) is 44.5 Å². The Morgan fingerprint density at radius 3 is 2.60 bits per heavy atom. The average Bonchev–Trinajstić information content (AvgIpc) is 4.00. The van der Waals surface area contributed by atoms with Gasteiger partial charge in [-0.2, -0.15) is 0 Å². The van der Waals surface area contributed by atoms with E-state index in [0.29, 0.717) is 54.4 Å². The maximum Gasteiger partial charge on any atom is 0.317 e. The maximum atomic E-state index is 13.3. The number of nitrogens with one attached hydrogen (secondary N) is 4. The highest BCUT2D eigenvalue weighted by atomic mass is 32.2. The first-order chi connectivity index (χ1) is 24.8. The van der Waals surface area contributed by atoms with Crippen molar-refractivity contribution in [3.63, 3.8) is 0 Å². The van der Waals surface area contributed by atoms with E-state index in [4.69, 9.17) is 19.4 Å². The summed E-state index contributed by atoms with van der Waals surface area (Å²) in [4.78, 5) is 47.2. The van der Waals surface area contributed by atoms with Crippen LogP contribution >= 0.6 is 11.3 Å². The minimum absolute atomic E-state index is 0. The van der Waals surface area contributed by atoms with Gasteiger partial charge < -0.3 is 30.3 Å². The van der Waals surface area contributed by atoms with Crippen molar-refractivity contribution >= 4 is 55.7 Å². The van der Waals surface area contributed by atoms with E-state index in [1.165, 1.54) is 11.3 Å². The van der Waals surface area contributed by atoms with Gasteiger partial charge in [0.1, 0.15) is 23.2 Å². The molecule has 2 aromatic heterocycles. The number of anilines is 1. The Morgan fingerprint density at radius 2 is 1.91 bits per heavy atom. The summed E-state index contributed by atoms with van der Waals surface area (Å²) in [6, 6.07) is 6.93. The molecule has 290 valence electrons. The zero-order valence-electron chi connectivity index (χ0n) is 30.3. The van der Waals surface area contributed by atoms with Crippen molar-refractivity contribution in [2.24, 2.45) is 5.92 Å². The van der Waals surface area contributed by atoms with Gasteiger partial charge in [0.2, 0.25) is 22.3 Å². The van der Waals surface area contributed by atoms with Crippen LogP contribution in [0.25, 0.3) is 22.3 Å². The predicted molar refractivity (Wildman–Crippen MR) is 209 cm³/mol. The number of thiazole rings is 1. The predicted octanol–water partition coefficient (Wildman–Crippen LogP) is 5.46. The maximum absolute atomic E-state index is 13.3. The van der Waals surface area contributed by atoms with E-state index in [2.05, 4.69) is 41.9 Å². The number of methoxy groups -OCH3 is 1. The Kier molecular flexibility index (Phi) is 14.1. The fourth-order valence-corrected chi connectivity index (χ4v) is 7.49. The van der Waals surface area contributed by atoms with Crippen molar-refractivity contribution in [1.29, 1.82) is 0 Å². The summed E-state index contributed by atoms with van der Waals surface area (Å²) in [5, 5.41) is 13.0. The van der Waals surface area contributed by atoms with Crippen molar-refractivity contribution < 1.29 is 32.3 Å². The van der Waals surface area contributed by atoms with E-state index in [1.807, 2.05) is 34.4 Å². The summed E-state index contributed by atoms with van der Waals surface area (Å²) in [5.74, 6) is 1.50. The lowest BCUT2D eigenvalue weighted by Crippen LogP contribution is -2.51. The standard InChI is InChI=1S/C31H40N6O4S.C5H9NO3S.CH4/c1-19(2)32-30-35-27(18-42-30)26-17-28(22-11-10-21(40-4)16-25(22)33-26)41-14-12-23-29(38)34-24-15-20(24)9-7-5-6-8-13-37(3)31(39)36-23;1-5(2-3-5)10(8,9)6-4-7;/h7,9-11,16-20,23-24H,5-6,8,12-15H2,1-4H3,(H,32,35)(H,34,38)(H,36,39);4H,2-3H2,1H3,(H,6,7);1H4/b9-7-;;/t20-,23?,24?;;/m1../s1. The number of benzene rings is 1. The molecule has 14 nitrogen and oxygen atoms in total. The third kappa shape index (κ3) is 11.0. The lowest BCUT2D eigenvalue weighted by Gasteiger charge is -2.24. The van der Waals surface area contributed by atoms with E-state index in [9.17, 15) is 22.8 Å². The lowest BCUT2D eigenvalue weighted by atomic mass is 10.1. The molecule has 6 rings (SSSR count). The lowest BCUT2D eigenvalue weighted by molar-refractivity contribution is -0.123. The molecule has 2 fully saturated rings. The van der Waals surface area contributed by atoms with Gasteiger partial charge in [0.05, 0.1) is 29.7 Å². The molecule has 16 heteroatoms. The smallest absolute Gasteiger partial charge is 0.317 e. The molecule has 0 bridgehead atoms. The largest absolute Gasteiger partial charge is 0.497 e. The number of urea groups is 1. The van der Waals surface area contributed by atoms with Crippen LogP contribution in [0.15, 0.2) is 41.8 Å². The number of amides is 4. The van der Waals surface area contributed by atoms with E-state index < -0.39 is 20.8 Å². The molecule has 3 aromatic rings. The molecule has 2 aliphatic carbocycles. The van der Waals surface area contributed by atoms with E-state index in [1.54, 1.807) is 26.0 Å². The Balaban J connectivity index is 0.000000494. The molecule has 4 N–H and O–H groups in total. The zero-order valence-corrected chi connectivity index (χ0v) is 31.9. The number of rotatable bonds is 11. The summed E-state index contributed by atoms with van der Waals surface area (Å²) in [5.41, 5.74) is 2.13. The van der Waals surface area contributed by atoms with Gasteiger partial charge in [-0.1, -0.05) is 19.6 Å². The highest BCUT2D eigenvalue weighted by Crippen LogP contribution is 2.42. The quantitative estimate of drug-likeness (QED) is 0.144. The molecule has 2 saturated carbocycles. The SMILES string of the molecule is C.CC1(S(=O)(=O)NC=O)CC1.COc1ccc2c(OCCC3NC(=O)N(C)CCCC/C=C\[C@@H]4CC4NC3=O)cc(-c3csc(NC(C)C)n3)nc2c1. The van der Waals surface area contributed by atoms with Gasteiger partial charge in [0.25, 0.3) is 0 Å². The van der Waals surface area contributed by atoms with Crippen molar-refractivity contribution in [1.82, 2.24) is 30.2 Å². The molecular weight excluding hydrogens is 719 g/mol. The summed E-state index contributed by atoms with van der Waals surface area (Å²) in [6.07, 6.45) is 10.1. The van der Waals surface area contributed by atoms with Crippen LogP contribution in [0.2, 0.25) is 0 Å². The highest BCUT2D eigenvalue weighted by Gasteiger charge is 2.50. The van der Waals surface area contributed by atoms with Crippen LogP contribution in [0, 0.1) is 5.92 Å². The summed E-state index contributed by atoms with van der Waals surface area (Å²) >= 11 is 1.52. The minimum Gasteiger partial charge on any atom is -0.497 e. The number of hydrogen-bond donors (Lipinski definition) is 4. The Hall–Kier alpha value is -4.44. The highest BCUT2D eigenvalue weighted by molar-refractivity contribution is 7.91. The van der Waals surface area contributed by atoms with Crippen LogP contribution in [-0.4, -0.2) is 91.8 Å². The van der Waals surface area contributed by atoms with Gasteiger partial charge in [0, 0.05) is 55.0 Å². The molecule has 1 aliphatic heterocycles. The number of aromatic nitrogens is 2. The van der Waals surface area contributed by atoms with Gasteiger partial charge in [-0.15, -0.1) is 11.3 Å². The van der Waals surface area contributed by atoms with Gasteiger partial charge in [-0.3, -0.25) is 14.3 Å². The number of nitrogens with zero attached hydrogens (tertiary/aromatic N) is 3. The number of carbonyl (C=O) groups excluding carboxylic acids is 3. The third-order valence-electron chi connectivity index (χ3n) is 9.25. The van der Waals surface area contributed by atoms with E-state index >= 15 is 0 Å². The van der Waals surface area contributed by atoms with Gasteiger partial charge in [-0.25, -0.2) is 23.2 Å². The summed E-state index contributed by atoms with van der Waals surface area (Å²) in [7, 11) is 0.0289. The normalized spacial score (nSPS) is 21.6. The molecular formula is C37H53N7O7S2. The Bertz CT molecular complexity index is 1880. The van der Waals surface area contributed by atoms with E-state index in [0.717, 1.165) is 41.9 Å². The van der Waals surface area contributed by atoms with Crippen molar-refractivity contribution in [3.05, 3.63) is 41.8 Å². The number of fused-ring (bicyclic) bond motifs is 2. The van der Waals surface area contributed by atoms with Gasteiger partial charge in [0.15, 0.2) is 5.13 Å². The second-order valence-corrected chi connectivity index (χ2v) is 17.0. The van der Waals surface area contributed by atoms with Crippen molar-refractivity contribution in [3.8, 4) is 22.9 Å². The zero-order chi connectivity index (χ0) is 37.5. The monoisotopic (exact) mass is 771 g/mol. The number of allylic oxidation sites excluding steroid dienone is 1. The summed E-state index contributed by atoms with van der Waals surface area (Å²) < 4.78 is 34.8. The Morgan fingerprint density at radius 1 is 1.13 bits per heavy atom. The molecule has 3 atom stereocenters. The molecule has 3 aliphatic rings. The van der Waals surface area contributed by atoms with Gasteiger partial charge in [-0.05, 0) is 77.3 Å². The number of pyridine rings is 1. The molecule has 3 heterocycles. The van der Waals surface area contributed by atoms with Crippen LogP contribution in [-0.2, 0) is 19.6 Å². The molecule has 2 unspecified atom stereocenters. The average molecular weight is 772 g/mol. The first-order valence-electron chi connectivity index (χ1n) is 17.6. The molecule has 53 heavy (non-hydrogen) atoms. The second-order valence-electron chi connectivity index (χ2n) is 13.9. The number of hydrogen-bond acceptors (Lipinski definition) is 11. The van der Waals surface area contributed by atoms with Crippen LogP contribution in [0.1, 0.15) is 73.1 Å². The Labute approximate surface area is 316 Å².